The molecule has 5 heteroatoms. The molecule has 1 fully saturated rings. The smallest absolute Gasteiger partial charge is 0.227 e. The van der Waals surface area contributed by atoms with E-state index in [4.69, 9.17) is 4.74 Å². The number of hydrogen-bond donors (Lipinski definition) is 2. The molecule has 0 aromatic heterocycles. The molecule has 1 heterocycles. The van der Waals surface area contributed by atoms with E-state index in [1.54, 1.807) is 0 Å². The van der Waals surface area contributed by atoms with Crippen molar-refractivity contribution in [2.24, 2.45) is 0 Å². The van der Waals surface area contributed by atoms with E-state index in [0.29, 0.717) is 13.0 Å². The molecule has 1 amide bonds. The van der Waals surface area contributed by atoms with Gasteiger partial charge in [0.15, 0.2) is 0 Å². The lowest BCUT2D eigenvalue weighted by atomic mass is 10.2. The molecular weight excluding hydrogens is 296 g/mol. The monoisotopic (exact) mass is 312 g/mol. The number of rotatable bonds is 3. The summed E-state index contributed by atoms with van der Waals surface area (Å²) in [6.45, 7) is 4.28. The van der Waals surface area contributed by atoms with Gasteiger partial charge in [0.2, 0.25) is 5.91 Å². The predicted octanol–water partition coefficient (Wildman–Crippen LogP) is 2.07. The number of ether oxygens (including phenoxy) is 1. The van der Waals surface area contributed by atoms with Crippen LogP contribution in [0.5, 0.6) is 0 Å². The van der Waals surface area contributed by atoms with Gasteiger partial charge >= 0.3 is 0 Å². The van der Waals surface area contributed by atoms with Crippen molar-refractivity contribution in [1.82, 2.24) is 5.32 Å². The molecule has 0 spiro atoms. The molecule has 1 aliphatic heterocycles. The minimum Gasteiger partial charge on any atom is -0.375 e. The second kappa shape index (κ2) is 6.31. The lowest BCUT2D eigenvalue weighted by Gasteiger charge is -2.23. The van der Waals surface area contributed by atoms with Crippen LogP contribution in [0.3, 0.4) is 0 Å². The van der Waals surface area contributed by atoms with Gasteiger partial charge in [0.05, 0.1) is 19.1 Å². The zero-order valence-electron chi connectivity index (χ0n) is 10.3. The summed E-state index contributed by atoms with van der Waals surface area (Å²) in [6, 6.07) is 5.76. The molecule has 0 aliphatic carbocycles. The Bertz CT molecular complexity index is 431. The molecule has 1 saturated heterocycles. The molecular formula is C13H17BrN2O2. The average molecular weight is 313 g/mol. The topological polar surface area (TPSA) is 50.4 Å². The molecule has 0 saturated carbocycles. The Balaban J connectivity index is 1.88. The van der Waals surface area contributed by atoms with E-state index in [0.717, 1.165) is 28.8 Å². The molecule has 2 rings (SSSR count). The van der Waals surface area contributed by atoms with Gasteiger partial charge in [0, 0.05) is 23.2 Å². The third kappa shape index (κ3) is 3.80. The second-order valence-electron chi connectivity index (χ2n) is 4.41. The summed E-state index contributed by atoms with van der Waals surface area (Å²) in [4.78, 5) is 11.8. The lowest BCUT2D eigenvalue weighted by Crippen LogP contribution is -2.40. The first kappa shape index (κ1) is 13.5. The number of aryl methyl sites for hydroxylation is 1. The maximum atomic E-state index is 11.8. The van der Waals surface area contributed by atoms with Crippen LogP contribution in [0.15, 0.2) is 22.7 Å². The van der Waals surface area contributed by atoms with Crippen LogP contribution in [0, 0.1) is 6.92 Å². The van der Waals surface area contributed by atoms with Crippen LogP contribution in [0.25, 0.3) is 0 Å². The highest BCUT2D eigenvalue weighted by Crippen LogP contribution is 2.20. The first-order chi connectivity index (χ1) is 8.65. The Morgan fingerprint density at radius 2 is 2.44 bits per heavy atom. The molecule has 4 nitrogen and oxygen atoms in total. The Hall–Kier alpha value is -0.910. The summed E-state index contributed by atoms with van der Waals surface area (Å²) in [5.41, 5.74) is 1.92. The van der Waals surface area contributed by atoms with Gasteiger partial charge in [-0.1, -0.05) is 15.9 Å². The average Bonchev–Trinajstić information content (AvgIpc) is 2.35. The van der Waals surface area contributed by atoms with Crippen LogP contribution in [0.4, 0.5) is 5.69 Å². The number of nitrogens with one attached hydrogen (secondary N) is 2. The van der Waals surface area contributed by atoms with E-state index < -0.39 is 0 Å². The van der Waals surface area contributed by atoms with E-state index >= 15 is 0 Å². The molecule has 1 unspecified atom stereocenters. The summed E-state index contributed by atoms with van der Waals surface area (Å²) < 4.78 is 6.54. The van der Waals surface area contributed by atoms with Crippen LogP contribution in [0.2, 0.25) is 0 Å². The molecule has 0 bridgehead atoms. The fraction of sp³-hybridized carbons (Fsp3) is 0.462. The molecule has 0 radical (unpaired) electrons. The van der Waals surface area contributed by atoms with Gasteiger partial charge in [0.25, 0.3) is 0 Å². The van der Waals surface area contributed by atoms with Crippen molar-refractivity contribution in [3.63, 3.8) is 0 Å². The van der Waals surface area contributed by atoms with Gasteiger partial charge in [-0.05, 0) is 30.7 Å². The van der Waals surface area contributed by atoms with Crippen molar-refractivity contribution in [2.75, 3.05) is 25.0 Å². The van der Waals surface area contributed by atoms with Crippen LogP contribution in [-0.4, -0.2) is 31.7 Å². The van der Waals surface area contributed by atoms with Crippen LogP contribution in [-0.2, 0) is 9.53 Å². The van der Waals surface area contributed by atoms with Crippen molar-refractivity contribution in [3.05, 3.63) is 28.2 Å². The van der Waals surface area contributed by atoms with Gasteiger partial charge in [0.1, 0.15) is 0 Å². The number of carbonyl (C=O) groups excluding carboxylic acids is 1. The Morgan fingerprint density at radius 1 is 1.61 bits per heavy atom. The Labute approximate surface area is 115 Å². The number of morpholine rings is 1. The summed E-state index contributed by atoms with van der Waals surface area (Å²) in [5, 5.41) is 6.10. The number of benzene rings is 1. The zero-order valence-corrected chi connectivity index (χ0v) is 11.9. The number of hydrogen-bond acceptors (Lipinski definition) is 3. The number of amides is 1. The highest BCUT2D eigenvalue weighted by Gasteiger charge is 2.17. The van der Waals surface area contributed by atoms with Gasteiger partial charge < -0.3 is 15.4 Å². The fourth-order valence-electron chi connectivity index (χ4n) is 1.89. The maximum absolute atomic E-state index is 11.8. The van der Waals surface area contributed by atoms with Gasteiger partial charge in [-0.15, -0.1) is 0 Å². The van der Waals surface area contributed by atoms with Crippen molar-refractivity contribution in [2.45, 2.75) is 19.4 Å². The predicted molar refractivity (Wildman–Crippen MR) is 74.7 cm³/mol. The number of anilines is 1. The Morgan fingerprint density at radius 3 is 3.11 bits per heavy atom. The maximum Gasteiger partial charge on any atom is 0.227 e. The Kier molecular flexibility index (Phi) is 4.74. The zero-order chi connectivity index (χ0) is 13.0. The largest absolute Gasteiger partial charge is 0.375 e. The van der Waals surface area contributed by atoms with E-state index in [1.807, 2.05) is 25.1 Å². The lowest BCUT2D eigenvalue weighted by molar-refractivity contribution is -0.119. The highest BCUT2D eigenvalue weighted by molar-refractivity contribution is 9.10. The summed E-state index contributed by atoms with van der Waals surface area (Å²) in [6.07, 6.45) is 0.373. The quantitative estimate of drug-likeness (QED) is 0.898. The van der Waals surface area contributed by atoms with Crippen LogP contribution >= 0.6 is 15.9 Å². The van der Waals surface area contributed by atoms with Crippen LogP contribution < -0.4 is 10.6 Å². The molecule has 98 valence electrons. The normalized spacial score (nSPS) is 19.6. The molecule has 1 aromatic carbocycles. The molecule has 1 aliphatic rings. The molecule has 18 heavy (non-hydrogen) atoms. The van der Waals surface area contributed by atoms with E-state index in [-0.39, 0.29) is 12.0 Å². The van der Waals surface area contributed by atoms with Gasteiger partial charge in [-0.25, -0.2) is 0 Å². The second-order valence-corrected chi connectivity index (χ2v) is 5.27. The van der Waals surface area contributed by atoms with Crippen molar-refractivity contribution < 1.29 is 9.53 Å². The SMILES string of the molecule is Cc1cc(NC(=O)CC2CNCCO2)ccc1Br. The van der Waals surface area contributed by atoms with Gasteiger partial charge in [-0.2, -0.15) is 0 Å². The van der Waals surface area contributed by atoms with Crippen LogP contribution in [0.1, 0.15) is 12.0 Å². The van der Waals surface area contributed by atoms with Crippen molar-refractivity contribution in [1.29, 1.82) is 0 Å². The first-order valence-electron chi connectivity index (χ1n) is 6.03. The molecule has 1 atom stereocenters. The standard InChI is InChI=1S/C13H17BrN2O2/c1-9-6-10(2-3-12(9)14)16-13(17)7-11-8-15-4-5-18-11/h2-3,6,11,15H,4-5,7-8H2,1H3,(H,16,17). The summed E-state index contributed by atoms with van der Waals surface area (Å²) in [7, 11) is 0. The molecule has 2 N–H and O–H groups in total. The summed E-state index contributed by atoms with van der Waals surface area (Å²) in [5.74, 6) is -0.00887. The third-order valence-corrected chi connectivity index (χ3v) is 3.75. The fourth-order valence-corrected chi connectivity index (χ4v) is 2.14. The van der Waals surface area contributed by atoms with Crippen molar-refractivity contribution in [3.8, 4) is 0 Å². The number of carbonyl (C=O) groups is 1. The minimum absolute atomic E-state index is 0.00887. The molecule has 1 aromatic rings. The van der Waals surface area contributed by atoms with E-state index in [2.05, 4.69) is 26.6 Å². The summed E-state index contributed by atoms with van der Waals surface area (Å²) >= 11 is 3.43. The minimum atomic E-state index is -0.0182. The van der Waals surface area contributed by atoms with E-state index in [1.165, 1.54) is 0 Å². The van der Waals surface area contributed by atoms with Gasteiger partial charge in [-0.3, -0.25) is 4.79 Å². The van der Waals surface area contributed by atoms with Crippen molar-refractivity contribution >= 4 is 27.5 Å². The van der Waals surface area contributed by atoms with E-state index in [9.17, 15) is 4.79 Å². The highest BCUT2D eigenvalue weighted by atomic mass is 79.9. The first-order valence-corrected chi connectivity index (χ1v) is 6.83. The third-order valence-electron chi connectivity index (χ3n) is 2.86. The number of halogens is 1.